The van der Waals surface area contributed by atoms with E-state index in [1.807, 2.05) is 18.2 Å². The standard InChI is InChI=1S/C24H30O3Si/c1-5-19-16-17-23(25)27-22(19)18-26-28(24(2,3)4,20-12-8-6-9-13-20)21-14-10-7-11-15-21/h6-17,19,22H,5,18H2,1-4H3/t19-,22-/m1/s1. The van der Waals surface area contributed by atoms with Gasteiger partial charge in [-0.15, -0.1) is 0 Å². The molecule has 0 aliphatic carbocycles. The van der Waals surface area contributed by atoms with Gasteiger partial charge in [0, 0.05) is 12.0 Å². The molecular formula is C24H30O3Si. The molecular weight excluding hydrogens is 364 g/mol. The summed E-state index contributed by atoms with van der Waals surface area (Å²) in [5, 5.41) is 2.38. The lowest BCUT2D eigenvalue weighted by Gasteiger charge is -2.44. The second kappa shape index (κ2) is 8.46. The Bertz CT molecular complexity index is 769. The molecule has 0 unspecified atom stereocenters. The van der Waals surface area contributed by atoms with Gasteiger partial charge in [0.25, 0.3) is 8.32 Å². The Morgan fingerprint density at radius 1 is 0.964 bits per heavy atom. The molecule has 2 aromatic rings. The number of ether oxygens (including phenoxy) is 1. The molecule has 3 rings (SSSR count). The zero-order chi connectivity index (χ0) is 20.2. The van der Waals surface area contributed by atoms with Gasteiger partial charge in [-0.25, -0.2) is 4.79 Å². The highest BCUT2D eigenvalue weighted by molar-refractivity contribution is 6.99. The Labute approximate surface area is 169 Å². The Balaban J connectivity index is 2.04. The Kier molecular flexibility index (Phi) is 6.21. The molecule has 0 aromatic heterocycles. The number of carbonyl (C=O) groups is 1. The molecule has 2 aromatic carbocycles. The maximum atomic E-state index is 11.8. The Hall–Kier alpha value is -2.17. The van der Waals surface area contributed by atoms with Crippen molar-refractivity contribution in [1.82, 2.24) is 0 Å². The Morgan fingerprint density at radius 3 is 1.96 bits per heavy atom. The molecule has 1 heterocycles. The molecule has 0 fully saturated rings. The molecule has 0 radical (unpaired) electrons. The summed E-state index contributed by atoms with van der Waals surface area (Å²) in [6, 6.07) is 21.1. The van der Waals surface area contributed by atoms with Crippen LogP contribution in [0.15, 0.2) is 72.8 Å². The molecule has 148 valence electrons. The van der Waals surface area contributed by atoms with E-state index in [0.717, 1.165) is 6.42 Å². The van der Waals surface area contributed by atoms with Crippen molar-refractivity contribution in [2.75, 3.05) is 6.61 Å². The second-order valence-electron chi connectivity index (χ2n) is 8.38. The van der Waals surface area contributed by atoms with Crippen LogP contribution in [0.5, 0.6) is 0 Å². The maximum absolute atomic E-state index is 11.8. The molecule has 0 spiro atoms. The molecule has 2 atom stereocenters. The van der Waals surface area contributed by atoms with Crippen LogP contribution in [0, 0.1) is 5.92 Å². The minimum Gasteiger partial charge on any atom is -0.456 e. The average molecular weight is 395 g/mol. The molecule has 1 aliphatic rings. The van der Waals surface area contributed by atoms with Crippen LogP contribution in [0.2, 0.25) is 5.04 Å². The van der Waals surface area contributed by atoms with Crippen LogP contribution in [-0.2, 0) is 14.0 Å². The number of benzene rings is 2. The van der Waals surface area contributed by atoms with Crippen LogP contribution in [0.25, 0.3) is 0 Å². The summed E-state index contributed by atoms with van der Waals surface area (Å²) in [5.41, 5.74) is 0. The van der Waals surface area contributed by atoms with E-state index >= 15 is 0 Å². The third-order valence-electron chi connectivity index (χ3n) is 5.58. The summed E-state index contributed by atoms with van der Waals surface area (Å²) in [5.74, 6) is -0.0864. The molecule has 3 nitrogen and oxygen atoms in total. The van der Waals surface area contributed by atoms with Crippen LogP contribution in [0.4, 0.5) is 0 Å². The van der Waals surface area contributed by atoms with E-state index in [4.69, 9.17) is 9.16 Å². The number of esters is 1. The first kappa shape index (κ1) is 20.6. The summed E-state index contributed by atoms with van der Waals surface area (Å²) >= 11 is 0. The molecule has 1 aliphatic heterocycles. The summed E-state index contributed by atoms with van der Waals surface area (Å²) < 4.78 is 12.6. The van der Waals surface area contributed by atoms with Crippen LogP contribution < -0.4 is 10.4 Å². The molecule has 0 N–H and O–H groups in total. The Morgan fingerprint density at radius 2 is 1.50 bits per heavy atom. The molecule has 4 heteroatoms. The van der Waals surface area contributed by atoms with E-state index in [0.29, 0.717) is 6.61 Å². The predicted octanol–water partition coefficient (Wildman–Crippen LogP) is 4.07. The van der Waals surface area contributed by atoms with Gasteiger partial charge in [-0.05, 0) is 21.8 Å². The van der Waals surface area contributed by atoms with Crippen molar-refractivity contribution < 1.29 is 14.0 Å². The van der Waals surface area contributed by atoms with Crippen molar-refractivity contribution in [2.24, 2.45) is 5.92 Å². The molecule has 0 amide bonds. The van der Waals surface area contributed by atoms with Gasteiger partial charge in [-0.3, -0.25) is 0 Å². The van der Waals surface area contributed by atoms with Crippen LogP contribution in [0.1, 0.15) is 34.1 Å². The number of carbonyl (C=O) groups excluding carboxylic acids is 1. The van der Waals surface area contributed by atoms with Crippen molar-refractivity contribution in [3.8, 4) is 0 Å². The van der Waals surface area contributed by atoms with Gasteiger partial charge in [0.2, 0.25) is 0 Å². The van der Waals surface area contributed by atoms with E-state index in [1.54, 1.807) is 0 Å². The van der Waals surface area contributed by atoms with Crippen LogP contribution in [0.3, 0.4) is 0 Å². The molecule has 28 heavy (non-hydrogen) atoms. The lowest BCUT2D eigenvalue weighted by molar-refractivity contribution is -0.148. The smallest absolute Gasteiger partial charge is 0.330 e. The highest BCUT2D eigenvalue weighted by Crippen LogP contribution is 2.37. The number of cyclic esters (lactones) is 1. The normalized spacial score (nSPS) is 20.1. The quantitative estimate of drug-likeness (QED) is 0.547. The van der Waals surface area contributed by atoms with Gasteiger partial charge in [-0.2, -0.15) is 0 Å². The van der Waals surface area contributed by atoms with Crippen molar-refractivity contribution in [1.29, 1.82) is 0 Å². The van der Waals surface area contributed by atoms with E-state index in [1.165, 1.54) is 16.4 Å². The zero-order valence-electron chi connectivity index (χ0n) is 17.2. The van der Waals surface area contributed by atoms with Crippen LogP contribution >= 0.6 is 0 Å². The SMILES string of the molecule is CC[C@@H]1C=CC(=O)O[C@@H]1CO[Si](c1ccccc1)(c1ccccc1)C(C)(C)C. The van der Waals surface area contributed by atoms with Gasteiger partial charge in [-0.1, -0.05) is 94.4 Å². The summed E-state index contributed by atoms with van der Waals surface area (Å²) in [6.07, 6.45) is 4.17. The molecule has 0 saturated carbocycles. The highest BCUT2D eigenvalue weighted by Gasteiger charge is 2.50. The summed E-state index contributed by atoms with van der Waals surface area (Å²) in [7, 11) is -2.61. The monoisotopic (exact) mass is 394 g/mol. The third kappa shape index (κ3) is 3.98. The summed E-state index contributed by atoms with van der Waals surface area (Å²) in [6.45, 7) is 9.28. The predicted molar refractivity (Wildman–Crippen MR) is 116 cm³/mol. The second-order valence-corrected chi connectivity index (χ2v) is 12.7. The molecule has 0 bridgehead atoms. The first-order chi connectivity index (χ1) is 13.4. The largest absolute Gasteiger partial charge is 0.456 e. The van der Waals surface area contributed by atoms with Gasteiger partial charge in [0.15, 0.2) is 0 Å². The van der Waals surface area contributed by atoms with Gasteiger partial charge < -0.3 is 9.16 Å². The molecule has 0 saturated heterocycles. The highest BCUT2D eigenvalue weighted by atomic mass is 28.4. The number of hydrogen-bond donors (Lipinski definition) is 0. The van der Waals surface area contributed by atoms with Crippen molar-refractivity contribution in [3.05, 3.63) is 72.8 Å². The van der Waals surface area contributed by atoms with E-state index in [2.05, 4.69) is 76.2 Å². The maximum Gasteiger partial charge on any atom is 0.330 e. The minimum atomic E-state index is -2.61. The van der Waals surface area contributed by atoms with Crippen molar-refractivity contribution in [3.63, 3.8) is 0 Å². The fourth-order valence-corrected chi connectivity index (χ4v) is 8.70. The van der Waals surface area contributed by atoms with E-state index in [-0.39, 0.29) is 23.0 Å². The zero-order valence-corrected chi connectivity index (χ0v) is 18.2. The van der Waals surface area contributed by atoms with Crippen LogP contribution in [-0.4, -0.2) is 27.0 Å². The van der Waals surface area contributed by atoms with Crippen molar-refractivity contribution in [2.45, 2.75) is 45.3 Å². The van der Waals surface area contributed by atoms with Gasteiger partial charge in [0.1, 0.15) is 6.10 Å². The van der Waals surface area contributed by atoms with Gasteiger partial charge in [0.05, 0.1) is 6.61 Å². The fourth-order valence-electron chi connectivity index (χ4n) is 4.13. The van der Waals surface area contributed by atoms with E-state index in [9.17, 15) is 4.79 Å². The minimum absolute atomic E-state index is 0.0913. The lowest BCUT2D eigenvalue weighted by Crippen LogP contribution is -2.67. The van der Waals surface area contributed by atoms with Gasteiger partial charge >= 0.3 is 5.97 Å². The lowest BCUT2D eigenvalue weighted by atomic mass is 9.98. The third-order valence-corrected chi connectivity index (χ3v) is 10.6. The first-order valence-electron chi connectivity index (χ1n) is 10.0. The number of hydrogen-bond acceptors (Lipinski definition) is 3. The van der Waals surface area contributed by atoms with Crippen molar-refractivity contribution >= 4 is 24.7 Å². The first-order valence-corrected chi connectivity index (χ1v) is 11.9. The average Bonchev–Trinajstić information content (AvgIpc) is 2.69. The summed E-state index contributed by atoms with van der Waals surface area (Å²) in [4.78, 5) is 11.8. The number of rotatable bonds is 6. The topological polar surface area (TPSA) is 35.5 Å². The van der Waals surface area contributed by atoms with E-state index < -0.39 is 8.32 Å². The fraction of sp³-hybridized carbons (Fsp3) is 0.375.